The van der Waals surface area contributed by atoms with E-state index in [0.717, 1.165) is 16.0 Å². The molecule has 0 bridgehead atoms. The van der Waals surface area contributed by atoms with E-state index in [1.54, 1.807) is 12.1 Å². The molecule has 0 spiro atoms. The first-order valence-corrected chi connectivity index (χ1v) is 12.9. The molecule has 0 aliphatic rings. The molecule has 3 rings (SSSR count). The van der Waals surface area contributed by atoms with Crippen LogP contribution in [0.3, 0.4) is 0 Å². The van der Waals surface area contributed by atoms with Gasteiger partial charge in [-0.1, -0.05) is 91.8 Å². The van der Waals surface area contributed by atoms with Crippen molar-refractivity contribution in [3.05, 3.63) is 87.7 Å². The predicted octanol–water partition coefficient (Wildman–Crippen LogP) is 10.4. The van der Waals surface area contributed by atoms with E-state index in [1.165, 1.54) is 6.34 Å². The summed E-state index contributed by atoms with van der Waals surface area (Å²) in [5, 5.41) is 0. The zero-order valence-electron chi connectivity index (χ0n) is 23.1. The van der Waals surface area contributed by atoms with Crippen LogP contribution >= 0.6 is 0 Å². The second kappa shape index (κ2) is 11.7. The first kappa shape index (κ1) is 29.3. The summed E-state index contributed by atoms with van der Waals surface area (Å²) < 4.78 is 73.6. The topological polar surface area (TPSA) is 15.6 Å². The number of halogens is 5. The Morgan fingerprint density at radius 3 is 1.24 bits per heavy atom. The third kappa shape index (κ3) is 5.47. The van der Waals surface area contributed by atoms with Gasteiger partial charge < -0.3 is 0 Å². The Labute approximate surface area is 222 Å². The fourth-order valence-electron chi connectivity index (χ4n) is 4.60. The molecule has 7 heteroatoms. The molecule has 0 N–H and O–H groups in total. The molecular formula is C31H35F5N2. The van der Waals surface area contributed by atoms with Gasteiger partial charge in [0, 0.05) is 0 Å². The molecule has 3 aromatic carbocycles. The van der Waals surface area contributed by atoms with Gasteiger partial charge in [0.25, 0.3) is 0 Å². The van der Waals surface area contributed by atoms with Crippen LogP contribution in [0.1, 0.15) is 101 Å². The molecule has 0 aromatic heterocycles. The molecular weight excluding hydrogens is 495 g/mol. The van der Waals surface area contributed by atoms with Gasteiger partial charge in [0.1, 0.15) is 12.0 Å². The maximum Gasteiger partial charge on any atom is 0.200 e. The van der Waals surface area contributed by atoms with E-state index in [-0.39, 0.29) is 23.7 Å². The Morgan fingerprint density at radius 1 is 0.526 bits per heavy atom. The lowest BCUT2D eigenvalue weighted by Crippen LogP contribution is -2.23. The number of hydrogen-bond donors (Lipinski definition) is 0. The first-order valence-electron chi connectivity index (χ1n) is 12.9. The van der Waals surface area contributed by atoms with Gasteiger partial charge in [0.15, 0.2) is 23.3 Å². The fraction of sp³-hybridized carbons (Fsp3) is 0.387. The fourth-order valence-corrected chi connectivity index (χ4v) is 4.60. The average Bonchev–Trinajstić information content (AvgIpc) is 2.87. The lowest BCUT2D eigenvalue weighted by molar-refractivity contribution is 0.381. The van der Waals surface area contributed by atoms with Crippen molar-refractivity contribution >= 4 is 23.4 Å². The van der Waals surface area contributed by atoms with E-state index in [9.17, 15) is 13.2 Å². The summed E-state index contributed by atoms with van der Waals surface area (Å²) >= 11 is 0. The summed E-state index contributed by atoms with van der Waals surface area (Å²) in [4.78, 5) is 5.73. The van der Waals surface area contributed by atoms with Crippen molar-refractivity contribution in [1.82, 2.24) is 0 Å². The van der Waals surface area contributed by atoms with E-state index in [4.69, 9.17) is 4.99 Å². The van der Waals surface area contributed by atoms with Gasteiger partial charge >= 0.3 is 0 Å². The van der Waals surface area contributed by atoms with Gasteiger partial charge in [-0.2, -0.15) is 0 Å². The van der Waals surface area contributed by atoms with Crippen LogP contribution in [0.2, 0.25) is 0 Å². The number of aliphatic imine (C=N–C) groups is 1. The number of hydrogen-bond acceptors (Lipinski definition) is 1. The summed E-state index contributed by atoms with van der Waals surface area (Å²) in [5.41, 5.74) is 3.09. The van der Waals surface area contributed by atoms with Gasteiger partial charge in [-0.3, -0.25) is 4.90 Å². The molecule has 38 heavy (non-hydrogen) atoms. The zero-order valence-corrected chi connectivity index (χ0v) is 23.1. The molecule has 0 fully saturated rings. The second-order valence-corrected chi connectivity index (χ2v) is 10.7. The summed E-state index contributed by atoms with van der Waals surface area (Å²) in [7, 11) is 0. The number of rotatable bonds is 8. The average molecular weight is 531 g/mol. The van der Waals surface area contributed by atoms with Crippen LogP contribution in [0.5, 0.6) is 0 Å². The number of anilines is 2. The molecule has 0 saturated heterocycles. The largest absolute Gasteiger partial charge is 0.295 e. The minimum absolute atomic E-state index is 0.0812. The molecule has 3 aromatic rings. The van der Waals surface area contributed by atoms with E-state index < -0.39 is 34.8 Å². The van der Waals surface area contributed by atoms with Crippen molar-refractivity contribution in [3.8, 4) is 0 Å². The van der Waals surface area contributed by atoms with Crippen molar-refractivity contribution < 1.29 is 22.0 Å². The third-order valence-corrected chi connectivity index (χ3v) is 6.66. The van der Waals surface area contributed by atoms with Crippen LogP contribution < -0.4 is 4.90 Å². The summed E-state index contributed by atoms with van der Waals surface area (Å²) in [6, 6.07) is 11.2. The van der Waals surface area contributed by atoms with Gasteiger partial charge in [-0.05, 0) is 45.9 Å². The monoisotopic (exact) mass is 530 g/mol. The Morgan fingerprint density at radius 2 is 0.868 bits per heavy atom. The lowest BCUT2D eigenvalue weighted by Gasteiger charge is -2.29. The van der Waals surface area contributed by atoms with Crippen LogP contribution in [0, 0.1) is 29.1 Å². The standard InChI is InChI=1S/C31H35F5N2/c1-16(2)20-11-9-12-21(17(3)4)29(20)37-15-38(31-27(35)25(33)24(32)26(34)28(31)36)30-22(18(5)6)13-10-14-23(30)19(7)8/h9-19H,1-8H3. The normalized spacial score (nSPS) is 12.1. The number of nitrogens with zero attached hydrogens (tertiary/aromatic N) is 2. The van der Waals surface area contributed by atoms with Crippen LogP contribution in [-0.2, 0) is 0 Å². The molecule has 204 valence electrons. The van der Waals surface area contributed by atoms with Crippen LogP contribution in [0.15, 0.2) is 41.4 Å². The highest BCUT2D eigenvalue weighted by Gasteiger charge is 2.32. The van der Waals surface area contributed by atoms with Crippen molar-refractivity contribution in [2.45, 2.75) is 79.1 Å². The van der Waals surface area contributed by atoms with E-state index >= 15 is 8.78 Å². The Balaban J connectivity index is 2.47. The van der Waals surface area contributed by atoms with E-state index in [0.29, 0.717) is 22.5 Å². The molecule has 2 nitrogen and oxygen atoms in total. The SMILES string of the molecule is CC(C)c1cccc(C(C)C)c1N=CN(c1c(C(C)C)cccc1C(C)C)c1c(F)c(F)c(F)c(F)c1F. The number of benzene rings is 3. The van der Waals surface area contributed by atoms with Crippen LogP contribution in [0.4, 0.5) is 39.0 Å². The van der Waals surface area contributed by atoms with Gasteiger partial charge in [-0.25, -0.2) is 26.9 Å². The Bertz CT molecular complexity index is 1260. The minimum atomic E-state index is -2.20. The van der Waals surface area contributed by atoms with E-state index in [2.05, 4.69) is 0 Å². The summed E-state index contributed by atoms with van der Waals surface area (Å²) in [5.74, 6) is -10.1. The third-order valence-electron chi connectivity index (χ3n) is 6.66. The minimum Gasteiger partial charge on any atom is -0.295 e. The molecule has 0 aliphatic carbocycles. The molecule has 0 aliphatic heterocycles. The van der Waals surface area contributed by atoms with E-state index in [1.807, 2.05) is 79.7 Å². The zero-order chi connectivity index (χ0) is 28.5. The van der Waals surface area contributed by atoms with Gasteiger partial charge in [0.2, 0.25) is 5.82 Å². The van der Waals surface area contributed by atoms with Gasteiger partial charge in [0.05, 0.1) is 11.4 Å². The summed E-state index contributed by atoms with van der Waals surface area (Å²) in [6.45, 7) is 15.6. The van der Waals surface area contributed by atoms with Crippen LogP contribution in [-0.4, -0.2) is 6.34 Å². The van der Waals surface area contributed by atoms with Crippen LogP contribution in [0.25, 0.3) is 0 Å². The first-order chi connectivity index (χ1) is 17.8. The maximum atomic E-state index is 15.3. The molecule has 0 heterocycles. The molecule has 0 saturated carbocycles. The lowest BCUT2D eigenvalue weighted by atomic mass is 9.91. The van der Waals surface area contributed by atoms with Crippen molar-refractivity contribution in [2.24, 2.45) is 4.99 Å². The number of para-hydroxylation sites is 2. The predicted molar refractivity (Wildman–Crippen MR) is 146 cm³/mol. The molecule has 0 atom stereocenters. The Hall–Kier alpha value is -3.22. The molecule has 0 unspecified atom stereocenters. The highest BCUT2D eigenvalue weighted by atomic mass is 19.2. The van der Waals surface area contributed by atoms with Gasteiger partial charge in [-0.15, -0.1) is 0 Å². The summed E-state index contributed by atoms with van der Waals surface area (Å²) in [6.07, 6.45) is 1.19. The Kier molecular flexibility index (Phi) is 9.01. The maximum absolute atomic E-state index is 15.3. The molecule has 0 radical (unpaired) electrons. The molecule has 0 amide bonds. The second-order valence-electron chi connectivity index (χ2n) is 10.7. The van der Waals surface area contributed by atoms with Crippen molar-refractivity contribution in [3.63, 3.8) is 0 Å². The van der Waals surface area contributed by atoms with Crippen molar-refractivity contribution in [1.29, 1.82) is 0 Å². The van der Waals surface area contributed by atoms with Crippen molar-refractivity contribution in [2.75, 3.05) is 4.90 Å². The quantitative estimate of drug-likeness (QED) is 0.0930. The highest BCUT2D eigenvalue weighted by Crippen LogP contribution is 2.42. The smallest absolute Gasteiger partial charge is 0.200 e. The highest BCUT2D eigenvalue weighted by molar-refractivity contribution is 5.94.